The Morgan fingerprint density at radius 2 is 2.24 bits per heavy atom. The van der Waals surface area contributed by atoms with Gasteiger partial charge in [-0.25, -0.2) is 14.8 Å². The summed E-state index contributed by atoms with van der Waals surface area (Å²) in [5, 5.41) is 3.38. The van der Waals surface area contributed by atoms with Gasteiger partial charge in [-0.3, -0.25) is 0 Å². The third-order valence-corrected chi connectivity index (χ3v) is 2.57. The number of aromatic nitrogens is 2. The minimum Gasteiger partial charge on any atom is -0.464 e. The maximum absolute atomic E-state index is 11.5. The lowest BCUT2D eigenvalue weighted by Crippen LogP contribution is -2.29. The van der Waals surface area contributed by atoms with E-state index < -0.39 is 6.04 Å². The Morgan fingerprint density at radius 3 is 2.82 bits per heavy atom. The molecule has 1 aromatic heterocycles. The van der Waals surface area contributed by atoms with Crippen molar-refractivity contribution >= 4 is 23.4 Å². The molecule has 1 aromatic rings. The van der Waals surface area contributed by atoms with Gasteiger partial charge in [-0.1, -0.05) is 18.5 Å². The van der Waals surface area contributed by atoms with E-state index in [0.29, 0.717) is 24.0 Å². The Hall–Kier alpha value is -1.36. The molecule has 0 saturated carbocycles. The molecule has 6 heteroatoms. The van der Waals surface area contributed by atoms with Gasteiger partial charge in [0.1, 0.15) is 23.3 Å². The second kappa shape index (κ2) is 6.39. The summed E-state index contributed by atoms with van der Waals surface area (Å²) in [7, 11) is 0. The fourth-order valence-electron chi connectivity index (χ4n) is 1.36. The van der Waals surface area contributed by atoms with Gasteiger partial charge in [0.15, 0.2) is 0 Å². The number of nitrogens with zero attached hydrogens (tertiary/aromatic N) is 2. The van der Waals surface area contributed by atoms with E-state index in [4.69, 9.17) is 16.3 Å². The lowest BCUT2D eigenvalue weighted by molar-refractivity contribution is -0.143. The molecular weight excluding hydrogens is 242 g/mol. The maximum Gasteiger partial charge on any atom is 0.328 e. The molecule has 1 unspecified atom stereocenters. The summed E-state index contributed by atoms with van der Waals surface area (Å²) in [4.78, 5) is 19.4. The van der Waals surface area contributed by atoms with Crippen molar-refractivity contribution in [3.05, 3.63) is 17.0 Å². The van der Waals surface area contributed by atoms with Crippen molar-refractivity contribution < 1.29 is 9.53 Å². The summed E-state index contributed by atoms with van der Waals surface area (Å²) < 4.78 is 4.90. The van der Waals surface area contributed by atoms with Crippen LogP contribution in [-0.4, -0.2) is 28.6 Å². The highest BCUT2D eigenvalue weighted by Crippen LogP contribution is 2.20. The third-order valence-electron chi connectivity index (χ3n) is 2.24. The Morgan fingerprint density at radius 1 is 1.53 bits per heavy atom. The third kappa shape index (κ3) is 3.56. The molecule has 5 nitrogen and oxygen atoms in total. The van der Waals surface area contributed by atoms with E-state index >= 15 is 0 Å². The number of ether oxygens (including phenoxy) is 1. The molecule has 0 saturated heterocycles. The standard InChI is InChI=1S/C11H16ClN3O2/c1-4-8-9(12)13-6-14-10(8)15-7(3)11(16)17-5-2/h6-7H,4-5H2,1-3H3,(H,13,14,15). The number of nitrogens with one attached hydrogen (secondary N) is 1. The Balaban J connectivity index is 2.81. The van der Waals surface area contributed by atoms with Gasteiger partial charge in [-0.15, -0.1) is 0 Å². The lowest BCUT2D eigenvalue weighted by atomic mass is 10.2. The Labute approximate surface area is 106 Å². The van der Waals surface area contributed by atoms with Gasteiger partial charge in [0, 0.05) is 5.56 Å². The van der Waals surface area contributed by atoms with Crippen molar-refractivity contribution in [2.24, 2.45) is 0 Å². The summed E-state index contributed by atoms with van der Waals surface area (Å²) in [5.74, 6) is 0.261. The highest BCUT2D eigenvalue weighted by Gasteiger charge is 2.16. The van der Waals surface area contributed by atoms with Crippen LogP contribution in [0, 0.1) is 0 Å². The van der Waals surface area contributed by atoms with Crippen LogP contribution in [0.2, 0.25) is 5.15 Å². The van der Waals surface area contributed by atoms with Crippen molar-refractivity contribution in [1.29, 1.82) is 0 Å². The van der Waals surface area contributed by atoms with Gasteiger partial charge in [0.2, 0.25) is 0 Å². The van der Waals surface area contributed by atoms with E-state index in [0.717, 1.165) is 5.56 Å². The van der Waals surface area contributed by atoms with Crippen LogP contribution in [0.5, 0.6) is 0 Å². The summed E-state index contributed by atoms with van der Waals surface area (Å²) in [5.41, 5.74) is 0.797. The second-order valence-corrected chi connectivity index (χ2v) is 3.82. The fourth-order valence-corrected chi connectivity index (χ4v) is 1.63. The van der Waals surface area contributed by atoms with Gasteiger partial charge < -0.3 is 10.1 Å². The normalized spacial score (nSPS) is 12.0. The number of esters is 1. The Kier molecular flexibility index (Phi) is 5.15. The maximum atomic E-state index is 11.5. The molecule has 0 amide bonds. The first-order valence-corrected chi connectivity index (χ1v) is 5.90. The van der Waals surface area contributed by atoms with Crippen LogP contribution in [0.1, 0.15) is 26.3 Å². The summed E-state index contributed by atoms with van der Waals surface area (Å²) in [6, 6.07) is -0.466. The predicted molar refractivity (Wildman–Crippen MR) is 66.1 cm³/mol. The molecule has 0 aliphatic rings. The van der Waals surface area contributed by atoms with Crippen LogP contribution >= 0.6 is 11.6 Å². The van der Waals surface area contributed by atoms with Gasteiger partial charge in [0.25, 0.3) is 0 Å². The van der Waals surface area contributed by atoms with Gasteiger partial charge in [-0.2, -0.15) is 0 Å². The molecule has 0 fully saturated rings. The summed E-state index contributed by atoms with van der Waals surface area (Å²) >= 11 is 5.95. The molecule has 1 N–H and O–H groups in total. The first-order chi connectivity index (χ1) is 8.10. The van der Waals surface area contributed by atoms with Crippen LogP contribution in [0.3, 0.4) is 0 Å². The number of anilines is 1. The molecule has 94 valence electrons. The van der Waals surface area contributed by atoms with E-state index in [9.17, 15) is 4.79 Å². The van der Waals surface area contributed by atoms with Crippen LogP contribution in [0.25, 0.3) is 0 Å². The minimum atomic E-state index is -0.466. The lowest BCUT2D eigenvalue weighted by Gasteiger charge is -2.15. The van der Waals surface area contributed by atoms with Crippen LogP contribution in [-0.2, 0) is 16.0 Å². The van der Waals surface area contributed by atoms with Crippen LogP contribution in [0.4, 0.5) is 5.82 Å². The molecular formula is C11H16ClN3O2. The largest absolute Gasteiger partial charge is 0.464 e. The number of hydrogen-bond donors (Lipinski definition) is 1. The molecule has 0 radical (unpaired) electrons. The Bertz CT molecular complexity index is 398. The molecule has 1 heterocycles. The average Bonchev–Trinajstić information content (AvgIpc) is 2.29. The van der Waals surface area contributed by atoms with E-state index in [1.807, 2.05) is 6.92 Å². The highest BCUT2D eigenvalue weighted by atomic mass is 35.5. The number of hydrogen-bond acceptors (Lipinski definition) is 5. The van der Waals surface area contributed by atoms with Crippen molar-refractivity contribution in [2.45, 2.75) is 33.2 Å². The number of carbonyl (C=O) groups is 1. The molecule has 0 aliphatic heterocycles. The molecule has 17 heavy (non-hydrogen) atoms. The smallest absolute Gasteiger partial charge is 0.328 e. The highest BCUT2D eigenvalue weighted by molar-refractivity contribution is 6.30. The zero-order valence-corrected chi connectivity index (χ0v) is 10.9. The van der Waals surface area contributed by atoms with Gasteiger partial charge in [-0.05, 0) is 20.3 Å². The molecule has 0 aliphatic carbocycles. The zero-order chi connectivity index (χ0) is 12.8. The monoisotopic (exact) mass is 257 g/mol. The molecule has 1 rings (SSSR count). The average molecular weight is 258 g/mol. The van der Waals surface area contributed by atoms with Gasteiger partial charge >= 0.3 is 5.97 Å². The number of rotatable bonds is 5. The molecule has 1 atom stereocenters. The first kappa shape index (κ1) is 13.7. The molecule has 0 aromatic carbocycles. The quantitative estimate of drug-likeness (QED) is 0.646. The molecule has 0 bridgehead atoms. The summed E-state index contributed by atoms with van der Waals surface area (Å²) in [6.07, 6.45) is 2.05. The molecule has 0 spiro atoms. The van der Waals surface area contributed by atoms with Crippen molar-refractivity contribution in [1.82, 2.24) is 9.97 Å². The van der Waals surface area contributed by atoms with E-state index in [1.54, 1.807) is 13.8 Å². The first-order valence-electron chi connectivity index (χ1n) is 5.52. The van der Waals surface area contributed by atoms with Gasteiger partial charge in [0.05, 0.1) is 6.61 Å². The predicted octanol–water partition coefficient (Wildman–Crippen LogP) is 2.06. The van der Waals surface area contributed by atoms with E-state index in [2.05, 4.69) is 15.3 Å². The van der Waals surface area contributed by atoms with Crippen molar-refractivity contribution in [2.75, 3.05) is 11.9 Å². The number of carbonyl (C=O) groups excluding carboxylic acids is 1. The van der Waals surface area contributed by atoms with Crippen LogP contribution < -0.4 is 5.32 Å². The topological polar surface area (TPSA) is 64.1 Å². The van der Waals surface area contributed by atoms with Crippen molar-refractivity contribution in [3.8, 4) is 0 Å². The SMILES string of the molecule is CCOC(=O)C(C)Nc1ncnc(Cl)c1CC. The van der Waals surface area contributed by atoms with E-state index in [1.165, 1.54) is 6.33 Å². The fraction of sp³-hybridized carbons (Fsp3) is 0.545. The van der Waals surface area contributed by atoms with Crippen molar-refractivity contribution in [3.63, 3.8) is 0 Å². The second-order valence-electron chi connectivity index (χ2n) is 3.46. The summed E-state index contributed by atoms with van der Waals surface area (Å²) in [6.45, 7) is 5.79. The zero-order valence-electron chi connectivity index (χ0n) is 10.2. The number of halogens is 1. The minimum absolute atomic E-state index is 0.315. The van der Waals surface area contributed by atoms with Crippen LogP contribution in [0.15, 0.2) is 6.33 Å². The van der Waals surface area contributed by atoms with E-state index in [-0.39, 0.29) is 5.97 Å².